The molecule has 6 nitrogen and oxygen atoms in total. The number of benzene rings is 2. The number of aryl methyl sites for hydroxylation is 1. The number of para-hydroxylation sites is 1. The molecule has 0 amide bonds. The van der Waals surface area contributed by atoms with E-state index in [-0.39, 0.29) is 11.4 Å². The fourth-order valence-electron chi connectivity index (χ4n) is 3.49. The Hall–Kier alpha value is -3.04. The Balaban J connectivity index is 1.49. The Morgan fingerprint density at radius 3 is 2.71 bits per heavy atom. The molecule has 2 aromatic carbocycles. The van der Waals surface area contributed by atoms with E-state index in [1.807, 2.05) is 41.0 Å². The summed E-state index contributed by atoms with van der Waals surface area (Å²) in [5.74, 6) is 0.904. The molecule has 0 aliphatic heterocycles. The van der Waals surface area contributed by atoms with Crippen LogP contribution in [0.25, 0.3) is 27.3 Å². The predicted octanol–water partition coefficient (Wildman–Crippen LogP) is 5.01. The second-order valence-electron chi connectivity index (χ2n) is 7.03. The smallest absolute Gasteiger partial charge is 0.262 e. The Bertz CT molecular complexity index is 1440. The van der Waals surface area contributed by atoms with Crippen LogP contribution >= 0.6 is 23.1 Å². The molecule has 0 fully saturated rings. The average molecular weight is 452 g/mol. The molecule has 0 bridgehead atoms. The van der Waals surface area contributed by atoms with Crippen LogP contribution in [-0.4, -0.2) is 24.1 Å². The Labute approximate surface area is 185 Å². The van der Waals surface area contributed by atoms with Crippen molar-refractivity contribution in [2.75, 3.05) is 0 Å². The lowest BCUT2D eigenvalue weighted by Gasteiger charge is -2.10. The first kappa shape index (κ1) is 19.9. The topological polar surface area (TPSA) is 65.1 Å². The average Bonchev–Trinajstić information content (AvgIpc) is 3.43. The zero-order valence-corrected chi connectivity index (χ0v) is 18.3. The molecule has 0 unspecified atom stereocenters. The number of hydrogen-bond donors (Lipinski definition) is 0. The van der Waals surface area contributed by atoms with Gasteiger partial charge in [-0.05, 0) is 42.8 Å². The van der Waals surface area contributed by atoms with Crippen LogP contribution in [0.5, 0.6) is 0 Å². The highest BCUT2D eigenvalue weighted by atomic mass is 32.2. The van der Waals surface area contributed by atoms with Crippen molar-refractivity contribution in [3.8, 4) is 10.6 Å². The van der Waals surface area contributed by atoms with E-state index in [0.717, 1.165) is 28.2 Å². The minimum absolute atomic E-state index is 0.0441. The van der Waals surface area contributed by atoms with Gasteiger partial charge in [0.05, 0.1) is 16.6 Å². The number of thioether (sulfide) groups is 1. The van der Waals surface area contributed by atoms with Gasteiger partial charge in [0.15, 0.2) is 5.16 Å². The highest BCUT2D eigenvalue weighted by Crippen LogP contribution is 2.28. The molecule has 0 atom stereocenters. The summed E-state index contributed by atoms with van der Waals surface area (Å²) < 4.78 is 16.8. The van der Waals surface area contributed by atoms with Crippen molar-refractivity contribution in [3.05, 3.63) is 75.8 Å². The van der Waals surface area contributed by atoms with Crippen molar-refractivity contribution in [2.24, 2.45) is 0 Å². The van der Waals surface area contributed by atoms with Crippen LogP contribution in [0.2, 0.25) is 0 Å². The Morgan fingerprint density at radius 2 is 1.90 bits per heavy atom. The molecule has 0 saturated heterocycles. The molecule has 5 aromatic rings. The van der Waals surface area contributed by atoms with E-state index in [1.165, 1.54) is 35.2 Å². The second-order valence-corrected chi connectivity index (χ2v) is 8.83. The van der Waals surface area contributed by atoms with E-state index in [1.54, 1.807) is 16.7 Å². The van der Waals surface area contributed by atoms with Crippen LogP contribution in [0.1, 0.15) is 19.0 Å². The largest absolute Gasteiger partial charge is 0.276 e. The van der Waals surface area contributed by atoms with E-state index >= 15 is 0 Å². The number of thiazole rings is 1. The molecule has 9 heteroatoms. The fourth-order valence-corrected chi connectivity index (χ4v) is 5.25. The maximum atomic E-state index is 13.2. The molecule has 3 heterocycles. The minimum atomic E-state index is -0.261. The number of fused-ring (bicyclic) bond motifs is 3. The third kappa shape index (κ3) is 3.64. The lowest BCUT2D eigenvalue weighted by atomic mass is 10.2. The summed E-state index contributed by atoms with van der Waals surface area (Å²) in [6.45, 7) is 2.62. The maximum Gasteiger partial charge on any atom is 0.262 e. The number of rotatable bonds is 6. The van der Waals surface area contributed by atoms with Gasteiger partial charge in [-0.1, -0.05) is 30.8 Å². The fraction of sp³-hybridized carbons (Fsp3) is 0.182. The molecule has 0 aliphatic carbocycles. The van der Waals surface area contributed by atoms with E-state index in [4.69, 9.17) is 0 Å². The van der Waals surface area contributed by atoms with E-state index < -0.39 is 0 Å². The zero-order valence-electron chi connectivity index (χ0n) is 16.7. The number of aromatic nitrogens is 5. The predicted molar refractivity (Wildman–Crippen MR) is 122 cm³/mol. The van der Waals surface area contributed by atoms with Gasteiger partial charge in [0.2, 0.25) is 5.78 Å². The van der Waals surface area contributed by atoms with Crippen LogP contribution < -0.4 is 5.56 Å². The molecule has 0 N–H and O–H groups in total. The van der Waals surface area contributed by atoms with Crippen molar-refractivity contribution in [3.63, 3.8) is 0 Å². The van der Waals surface area contributed by atoms with Gasteiger partial charge in [-0.2, -0.15) is 0 Å². The quantitative estimate of drug-likeness (QED) is 0.340. The van der Waals surface area contributed by atoms with Crippen LogP contribution in [0.4, 0.5) is 4.39 Å². The van der Waals surface area contributed by atoms with Crippen LogP contribution in [0, 0.1) is 5.82 Å². The third-order valence-electron chi connectivity index (χ3n) is 4.92. The first-order chi connectivity index (χ1) is 15.2. The van der Waals surface area contributed by atoms with Crippen molar-refractivity contribution in [1.29, 1.82) is 0 Å². The maximum absolute atomic E-state index is 13.2. The third-order valence-corrected chi connectivity index (χ3v) is 6.82. The van der Waals surface area contributed by atoms with Crippen molar-refractivity contribution in [1.82, 2.24) is 24.1 Å². The molecule has 0 saturated carbocycles. The van der Waals surface area contributed by atoms with Crippen molar-refractivity contribution in [2.45, 2.75) is 30.8 Å². The molecule has 156 valence electrons. The van der Waals surface area contributed by atoms with Gasteiger partial charge < -0.3 is 0 Å². The lowest BCUT2D eigenvalue weighted by molar-refractivity contribution is 0.628. The summed E-state index contributed by atoms with van der Waals surface area (Å²) in [5, 5.41) is 12.9. The number of hydrogen-bond acceptors (Lipinski definition) is 6. The summed E-state index contributed by atoms with van der Waals surface area (Å²) in [4.78, 5) is 17.6. The molecular weight excluding hydrogens is 433 g/mol. The van der Waals surface area contributed by atoms with Crippen LogP contribution in [-0.2, 0) is 12.3 Å². The summed E-state index contributed by atoms with van der Waals surface area (Å²) >= 11 is 3.05. The van der Waals surface area contributed by atoms with E-state index in [9.17, 15) is 9.18 Å². The molecule has 31 heavy (non-hydrogen) atoms. The summed E-state index contributed by atoms with van der Waals surface area (Å²) in [6.07, 6.45) is 0.828. The number of nitrogens with zero attached hydrogens (tertiary/aromatic N) is 5. The lowest BCUT2D eigenvalue weighted by Crippen LogP contribution is -2.23. The first-order valence-electron chi connectivity index (χ1n) is 9.85. The van der Waals surface area contributed by atoms with Gasteiger partial charge in [-0.15, -0.1) is 21.5 Å². The van der Waals surface area contributed by atoms with Gasteiger partial charge in [0, 0.05) is 23.2 Å². The summed E-state index contributed by atoms with van der Waals surface area (Å²) in [6, 6.07) is 13.9. The van der Waals surface area contributed by atoms with E-state index in [2.05, 4.69) is 15.2 Å². The molecule has 0 radical (unpaired) electrons. The standard InChI is InChI=1S/C22H18FN5OS2/c1-2-11-27-20(29)17-5-3-4-6-18(17)28-21(27)25-26-22(28)31-13-16-12-30-19(24-16)14-7-9-15(23)10-8-14/h3-10,12H,2,11,13H2,1H3. The molecular formula is C22H18FN5OS2. The molecule has 0 spiro atoms. The van der Waals surface area contributed by atoms with Gasteiger partial charge >= 0.3 is 0 Å². The highest BCUT2D eigenvalue weighted by Gasteiger charge is 2.17. The van der Waals surface area contributed by atoms with Crippen molar-refractivity contribution < 1.29 is 4.39 Å². The molecule has 3 aromatic heterocycles. The first-order valence-corrected chi connectivity index (χ1v) is 11.7. The van der Waals surface area contributed by atoms with Crippen LogP contribution in [0.15, 0.2) is 63.9 Å². The van der Waals surface area contributed by atoms with Crippen LogP contribution in [0.3, 0.4) is 0 Å². The summed E-state index contributed by atoms with van der Waals surface area (Å²) in [5.41, 5.74) is 2.56. The monoisotopic (exact) mass is 451 g/mol. The van der Waals surface area contributed by atoms with Gasteiger partial charge in [0.1, 0.15) is 10.8 Å². The van der Waals surface area contributed by atoms with Crippen molar-refractivity contribution >= 4 is 39.8 Å². The SMILES string of the molecule is CCCn1c(=O)c2ccccc2n2c(SCc3csc(-c4ccc(F)cc4)n3)nnc12. The molecule has 5 rings (SSSR count). The minimum Gasteiger partial charge on any atom is -0.276 e. The van der Waals surface area contributed by atoms with Gasteiger partial charge in [0.25, 0.3) is 5.56 Å². The summed E-state index contributed by atoms with van der Waals surface area (Å²) in [7, 11) is 0. The second kappa shape index (κ2) is 8.24. The zero-order chi connectivity index (χ0) is 21.4. The molecule has 0 aliphatic rings. The normalized spacial score (nSPS) is 11.5. The Kier molecular flexibility index (Phi) is 5.29. The van der Waals surface area contributed by atoms with Gasteiger partial charge in [-0.3, -0.25) is 13.8 Å². The van der Waals surface area contributed by atoms with Gasteiger partial charge in [-0.25, -0.2) is 9.37 Å². The highest BCUT2D eigenvalue weighted by molar-refractivity contribution is 7.98. The van der Waals surface area contributed by atoms with E-state index in [0.29, 0.717) is 28.6 Å². The number of halogens is 1. The Morgan fingerprint density at radius 1 is 1.10 bits per heavy atom.